The third-order valence-electron chi connectivity index (χ3n) is 3.84. The highest BCUT2D eigenvalue weighted by molar-refractivity contribution is 5.92. The normalized spacial score (nSPS) is 10.5. The van der Waals surface area contributed by atoms with Gasteiger partial charge in [0.1, 0.15) is 5.69 Å². The van der Waals surface area contributed by atoms with Crippen LogP contribution >= 0.6 is 0 Å². The van der Waals surface area contributed by atoms with Crippen molar-refractivity contribution in [2.75, 3.05) is 18.4 Å². The van der Waals surface area contributed by atoms with Gasteiger partial charge in [-0.25, -0.2) is 9.97 Å². The molecule has 2 rings (SSSR count). The summed E-state index contributed by atoms with van der Waals surface area (Å²) in [7, 11) is 0. The highest BCUT2D eigenvalue weighted by atomic mass is 16.2. The first-order chi connectivity index (χ1) is 11.0. The fourth-order valence-corrected chi connectivity index (χ4v) is 2.70. The molecule has 1 heterocycles. The molecule has 0 bridgehead atoms. The zero-order valence-corrected chi connectivity index (χ0v) is 14.5. The van der Waals surface area contributed by atoms with Gasteiger partial charge in [-0.15, -0.1) is 0 Å². The van der Waals surface area contributed by atoms with Crippen LogP contribution < -0.4 is 5.32 Å². The van der Waals surface area contributed by atoms with Crippen molar-refractivity contribution in [1.29, 1.82) is 0 Å². The Balaban J connectivity index is 2.29. The molecule has 1 amide bonds. The van der Waals surface area contributed by atoms with Crippen molar-refractivity contribution >= 4 is 17.5 Å². The molecular weight excluding hydrogens is 288 g/mol. The zero-order valence-electron chi connectivity index (χ0n) is 14.5. The lowest BCUT2D eigenvalue weighted by Gasteiger charge is -2.18. The van der Waals surface area contributed by atoms with Crippen molar-refractivity contribution in [2.45, 2.75) is 34.6 Å². The minimum atomic E-state index is -0.0715. The van der Waals surface area contributed by atoms with Crippen molar-refractivity contribution in [2.24, 2.45) is 0 Å². The quantitative estimate of drug-likeness (QED) is 0.916. The number of nitrogens with zero attached hydrogens (tertiary/aromatic N) is 3. The molecule has 0 aliphatic carbocycles. The molecule has 0 aliphatic heterocycles. The number of anilines is 2. The number of nitrogens with one attached hydrogen (secondary N) is 1. The van der Waals surface area contributed by atoms with Crippen LogP contribution in [0.15, 0.2) is 24.4 Å². The van der Waals surface area contributed by atoms with Crippen molar-refractivity contribution in [3.63, 3.8) is 0 Å². The topological polar surface area (TPSA) is 58.1 Å². The average molecular weight is 312 g/mol. The molecule has 1 N–H and O–H groups in total. The molecule has 5 nitrogen and oxygen atoms in total. The number of aromatic nitrogens is 2. The molecule has 0 radical (unpaired) electrons. The van der Waals surface area contributed by atoms with E-state index in [-0.39, 0.29) is 5.91 Å². The summed E-state index contributed by atoms with van der Waals surface area (Å²) in [6.45, 7) is 11.4. The first-order valence-electron chi connectivity index (χ1n) is 7.93. The van der Waals surface area contributed by atoms with Gasteiger partial charge in [-0.2, -0.15) is 0 Å². The number of hydrogen-bond donors (Lipinski definition) is 1. The van der Waals surface area contributed by atoms with Crippen LogP contribution in [0.25, 0.3) is 0 Å². The Kier molecular flexibility index (Phi) is 5.32. The van der Waals surface area contributed by atoms with Crippen LogP contribution in [-0.4, -0.2) is 33.9 Å². The molecule has 0 saturated heterocycles. The summed E-state index contributed by atoms with van der Waals surface area (Å²) in [5, 5.41) is 3.24. The molecule has 122 valence electrons. The second-order valence-corrected chi connectivity index (χ2v) is 5.64. The molecule has 0 saturated carbocycles. The lowest BCUT2D eigenvalue weighted by atomic mass is 10.1. The fraction of sp³-hybridized carbons (Fsp3) is 0.389. The maximum absolute atomic E-state index is 12.4. The Labute approximate surface area is 137 Å². The van der Waals surface area contributed by atoms with E-state index in [1.54, 1.807) is 17.2 Å². The third-order valence-corrected chi connectivity index (χ3v) is 3.84. The summed E-state index contributed by atoms with van der Waals surface area (Å²) in [5.74, 6) is 0.371. The fourth-order valence-electron chi connectivity index (χ4n) is 2.70. The standard InChI is InChI=1S/C18H24N4O/c1-6-22(7-2)17(23)15-8-9-19-18(20-15)21-16-13(4)10-12(3)11-14(16)5/h8-11H,6-7H2,1-5H3,(H,19,20,21). The maximum Gasteiger partial charge on any atom is 0.272 e. The second kappa shape index (κ2) is 7.22. The van der Waals surface area contributed by atoms with Crippen LogP contribution in [0.2, 0.25) is 0 Å². The largest absolute Gasteiger partial charge is 0.338 e. The average Bonchev–Trinajstić information content (AvgIpc) is 2.52. The van der Waals surface area contributed by atoms with E-state index in [1.807, 2.05) is 27.7 Å². The predicted octanol–water partition coefficient (Wildman–Crippen LogP) is 3.63. The number of carbonyl (C=O) groups is 1. The van der Waals surface area contributed by atoms with Crippen LogP contribution in [0, 0.1) is 20.8 Å². The van der Waals surface area contributed by atoms with Crippen molar-refractivity contribution < 1.29 is 4.79 Å². The molecule has 23 heavy (non-hydrogen) atoms. The molecule has 0 fully saturated rings. The van der Waals surface area contributed by atoms with Crippen LogP contribution in [0.1, 0.15) is 41.0 Å². The van der Waals surface area contributed by atoms with E-state index < -0.39 is 0 Å². The minimum absolute atomic E-state index is 0.0715. The summed E-state index contributed by atoms with van der Waals surface area (Å²) in [5.41, 5.74) is 4.88. The summed E-state index contributed by atoms with van der Waals surface area (Å²) < 4.78 is 0. The van der Waals surface area contributed by atoms with Crippen LogP contribution in [0.3, 0.4) is 0 Å². The van der Waals surface area contributed by atoms with Gasteiger partial charge in [0.2, 0.25) is 5.95 Å². The van der Waals surface area contributed by atoms with E-state index in [0.717, 1.165) is 16.8 Å². The molecule has 1 aromatic heterocycles. The van der Waals surface area contributed by atoms with E-state index in [4.69, 9.17) is 0 Å². The monoisotopic (exact) mass is 312 g/mol. The third kappa shape index (κ3) is 3.86. The van der Waals surface area contributed by atoms with Gasteiger partial charge in [-0.3, -0.25) is 4.79 Å². The van der Waals surface area contributed by atoms with Gasteiger partial charge in [0, 0.05) is 25.0 Å². The number of aryl methyl sites for hydroxylation is 3. The number of amides is 1. The Morgan fingerprint density at radius 1 is 1.13 bits per heavy atom. The van der Waals surface area contributed by atoms with Gasteiger partial charge in [0.05, 0.1) is 0 Å². The first-order valence-corrected chi connectivity index (χ1v) is 7.93. The van der Waals surface area contributed by atoms with Crippen molar-refractivity contribution in [1.82, 2.24) is 14.9 Å². The highest BCUT2D eigenvalue weighted by Crippen LogP contribution is 2.24. The SMILES string of the molecule is CCN(CC)C(=O)c1ccnc(Nc2c(C)cc(C)cc2C)n1. The lowest BCUT2D eigenvalue weighted by Crippen LogP contribution is -2.31. The molecule has 2 aromatic rings. The molecule has 0 aliphatic rings. The number of benzene rings is 1. The van der Waals surface area contributed by atoms with Crippen LogP contribution in [-0.2, 0) is 0 Å². The van der Waals surface area contributed by atoms with Gasteiger partial charge in [-0.05, 0) is 51.8 Å². The van der Waals surface area contributed by atoms with Gasteiger partial charge in [0.15, 0.2) is 0 Å². The lowest BCUT2D eigenvalue weighted by molar-refractivity contribution is 0.0767. The van der Waals surface area contributed by atoms with E-state index in [0.29, 0.717) is 24.7 Å². The first kappa shape index (κ1) is 16.9. The smallest absolute Gasteiger partial charge is 0.272 e. The Morgan fingerprint density at radius 2 is 1.74 bits per heavy atom. The predicted molar refractivity (Wildman–Crippen MR) is 93.2 cm³/mol. The maximum atomic E-state index is 12.4. The molecule has 0 unspecified atom stereocenters. The Morgan fingerprint density at radius 3 is 2.30 bits per heavy atom. The summed E-state index contributed by atoms with van der Waals surface area (Å²) >= 11 is 0. The van der Waals surface area contributed by atoms with Crippen molar-refractivity contribution in [3.05, 3.63) is 46.8 Å². The molecule has 5 heteroatoms. The summed E-state index contributed by atoms with van der Waals surface area (Å²) in [4.78, 5) is 22.8. The van der Waals surface area contributed by atoms with Gasteiger partial charge >= 0.3 is 0 Å². The zero-order chi connectivity index (χ0) is 17.0. The van der Waals surface area contributed by atoms with E-state index >= 15 is 0 Å². The Bertz CT molecular complexity index is 685. The van der Waals surface area contributed by atoms with Crippen LogP contribution in [0.5, 0.6) is 0 Å². The van der Waals surface area contributed by atoms with E-state index in [1.165, 1.54) is 5.56 Å². The Hall–Kier alpha value is -2.43. The van der Waals surface area contributed by atoms with Crippen molar-refractivity contribution in [3.8, 4) is 0 Å². The number of carbonyl (C=O) groups excluding carboxylic acids is 1. The number of hydrogen-bond acceptors (Lipinski definition) is 4. The van der Waals surface area contributed by atoms with E-state index in [2.05, 4.69) is 34.3 Å². The molecule has 0 atom stereocenters. The molecular formula is C18H24N4O. The summed E-state index contributed by atoms with van der Waals surface area (Å²) in [6, 6.07) is 5.88. The van der Waals surface area contributed by atoms with Gasteiger partial charge in [-0.1, -0.05) is 17.7 Å². The van der Waals surface area contributed by atoms with Crippen LogP contribution in [0.4, 0.5) is 11.6 Å². The second-order valence-electron chi connectivity index (χ2n) is 5.64. The van der Waals surface area contributed by atoms with E-state index in [9.17, 15) is 4.79 Å². The highest BCUT2D eigenvalue weighted by Gasteiger charge is 2.15. The number of rotatable bonds is 5. The molecule has 0 spiro atoms. The minimum Gasteiger partial charge on any atom is -0.338 e. The van der Waals surface area contributed by atoms with Gasteiger partial charge < -0.3 is 10.2 Å². The van der Waals surface area contributed by atoms with Gasteiger partial charge in [0.25, 0.3) is 5.91 Å². The summed E-state index contributed by atoms with van der Waals surface area (Å²) in [6.07, 6.45) is 1.62. The molecule has 1 aromatic carbocycles.